The monoisotopic (exact) mass is 310 g/mol. The third-order valence-electron chi connectivity index (χ3n) is 4.89. The normalized spacial score (nSPS) is 34.5. The smallest absolute Gasteiger partial charge is 0.230 e. The minimum Gasteiger partial charge on any atom is -0.550 e. The van der Waals surface area contributed by atoms with Gasteiger partial charge in [0.1, 0.15) is 5.60 Å². The summed E-state index contributed by atoms with van der Waals surface area (Å²) in [7, 11) is 0. The first-order valence-electron chi connectivity index (χ1n) is 7.69. The maximum Gasteiger partial charge on any atom is 0.230 e. The molecule has 1 spiro atoms. The molecule has 0 saturated carbocycles. The third kappa shape index (κ3) is 2.11. The maximum atomic E-state index is 12.6. The number of amides is 1. The van der Waals surface area contributed by atoms with Gasteiger partial charge in [0, 0.05) is 18.4 Å². The highest BCUT2D eigenvalue weighted by molar-refractivity contribution is 5.90. The fourth-order valence-electron chi connectivity index (χ4n) is 3.88. The van der Waals surface area contributed by atoms with E-state index in [-0.39, 0.29) is 5.91 Å². The van der Waals surface area contributed by atoms with Crippen LogP contribution in [0.1, 0.15) is 5.56 Å². The Bertz CT molecular complexity index is 711. The molecule has 3 aliphatic heterocycles. The van der Waals surface area contributed by atoms with E-state index in [2.05, 4.69) is 0 Å². The Morgan fingerprint density at radius 2 is 2.17 bits per heavy atom. The van der Waals surface area contributed by atoms with Gasteiger partial charge in [-0.2, -0.15) is 0 Å². The van der Waals surface area contributed by atoms with Gasteiger partial charge in [0.25, 0.3) is 0 Å². The number of hydrogen-bond acceptors (Lipinski definition) is 4. The molecule has 1 aromatic rings. The van der Waals surface area contributed by atoms with Crippen LogP contribution in [0.3, 0.4) is 0 Å². The number of aliphatic carboxylic acids is 1. The summed E-state index contributed by atoms with van der Waals surface area (Å²) >= 11 is 0. The Kier molecular flexibility index (Phi) is 3.13. The molecule has 0 aliphatic carbocycles. The van der Waals surface area contributed by atoms with Gasteiger partial charge in [0.2, 0.25) is 5.91 Å². The van der Waals surface area contributed by atoms with Crippen molar-refractivity contribution in [2.45, 2.75) is 11.7 Å². The van der Waals surface area contributed by atoms with Crippen LogP contribution in [-0.2, 0) is 14.3 Å². The molecule has 0 aromatic heterocycles. The predicted octanol–water partition coefficient (Wildman–Crippen LogP) is 0.232. The Hall–Kier alpha value is -2.40. The molecular weight excluding hydrogens is 294 g/mol. The second kappa shape index (κ2) is 5.06. The van der Waals surface area contributed by atoms with Crippen molar-refractivity contribution in [3.8, 4) is 0 Å². The molecule has 3 aliphatic rings. The van der Waals surface area contributed by atoms with Crippen molar-refractivity contribution in [1.29, 1.82) is 0 Å². The van der Waals surface area contributed by atoms with E-state index < -0.39 is 29.5 Å². The largest absolute Gasteiger partial charge is 0.550 e. The van der Waals surface area contributed by atoms with Crippen LogP contribution in [0.25, 0.3) is 6.08 Å². The van der Waals surface area contributed by atoms with Gasteiger partial charge >= 0.3 is 0 Å². The summed E-state index contributed by atoms with van der Waals surface area (Å²) < 4.78 is 5.80. The van der Waals surface area contributed by atoms with Gasteiger partial charge in [-0.05, 0) is 5.56 Å². The second-order valence-electron chi connectivity index (χ2n) is 6.25. The lowest BCUT2D eigenvalue weighted by Crippen LogP contribution is -2.45. The topological polar surface area (TPSA) is 69.7 Å². The van der Waals surface area contributed by atoms with Crippen LogP contribution in [0.4, 0.5) is 0 Å². The van der Waals surface area contributed by atoms with Crippen molar-refractivity contribution >= 4 is 18.0 Å². The first-order chi connectivity index (χ1) is 11.1. The first kappa shape index (κ1) is 14.2. The molecule has 0 unspecified atom stereocenters. The molecule has 4 rings (SSSR count). The van der Waals surface area contributed by atoms with Gasteiger partial charge in [-0.3, -0.25) is 4.79 Å². The van der Waals surface area contributed by atoms with Crippen molar-refractivity contribution in [3.63, 3.8) is 0 Å². The number of ether oxygens (including phenoxy) is 1. The van der Waals surface area contributed by atoms with Crippen molar-refractivity contribution in [1.82, 2.24) is 4.90 Å². The average molecular weight is 310 g/mol. The minimum atomic E-state index is -1.21. The number of hydrogen-bond donors (Lipinski definition) is 0. The number of fused-ring (bicyclic) bond motifs is 1. The molecular formula is C18H16NO4-. The van der Waals surface area contributed by atoms with E-state index in [1.54, 1.807) is 11.0 Å². The Morgan fingerprint density at radius 3 is 2.91 bits per heavy atom. The fraction of sp³-hybridized carbons (Fsp3) is 0.333. The van der Waals surface area contributed by atoms with Crippen molar-refractivity contribution in [2.24, 2.45) is 11.8 Å². The van der Waals surface area contributed by atoms with Crippen molar-refractivity contribution in [2.75, 3.05) is 13.1 Å². The second-order valence-corrected chi connectivity index (χ2v) is 6.25. The van der Waals surface area contributed by atoms with Gasteiger partial charge in [-0.25, -0.2) is 0 Å². The fourth-order valence-corrected chi connectivity index (χ4v) is 3.88. The molecule has 1 amide bonds. The lowest BCUT2D eigenvalue weighted by Gasteiger charge is -2.24. The van der Waals surface area contributed by atoms with E-state index in [4.69, 9.17) is 4.74 Å². The first-order valence-corrected chi connectivity index (χ1v) is 7.69. The highest BCUT2D eigenvalue weighted by Gasteiger charge is 2.65. The van der Waals surface area contributed by atoms with E-state index in [0.717, 1.165) is 5.56 Å². The summed E-state index contributed by atoms with van der Waals surface area (Å²) in [6.45, 7) is 0.833. The molecule has 3 heterocycles. The van der Waals surface area contributed by atoms with Gasteiger partial charge in [0.05, 0.1) is 18.6 Å². The Balaban J connectivity index is 1.51. The lowest BCUT2D eigenvalue weighted by atomic mass is 9.77. The minimum absolute atomic E-state index is 0.163. The molecule has 118 valence electrons. The van der Waals surface area contributed by atoms with Crippen LogP contribution >= 0.6 is 0 Å². The molecule has 23 heavy (non-hydrogen) atoms. The van der Waals surface area contributed by atoms with Crippen LogP contribution in [0.15, 0.2) is 48.6 Å². The number of carboxylic acids is 1. The molecule has 1 aromatic carbocycles. The van der Waals surface area contributed by atoms with Gasteiger partial charge < -0.3 is 19.5 Å². The van der Waals surface area contributed by atoms with Crippen LogP contribution in [0.2, 0.25) is 0 Å². The van der Waals surface area contributed by atoms with Crippen molar-refractivity contribution < 1.29 is 19.4 Å². The van der Waals surface area contributed by atoms with E-state index in [1.807, 2.05) is 48.6 Å². The zero-order valence-corrected chi connectivity index (χ0v) is 12.4. The van der Waals surface area contributed by atoms with E-state index in [9.17, 15) is 14.7 Å². The zero-order chi connectivity index (χ0) is 16.0. The molecule has 2 saturated heterocycles. The van der Waals surface area contributed by atoms with E-state index in [1.165, 1.54) is 0 Å². The molecule has 0 N–H and O–H groups in total. The standard InChI is InChI=1S/C18H17NO4/c20-16-15-14(17(21)22)13-8-9-18(15,23-13)11-19(16)10-4-7-12-5-2-1-3-6-12/h1-9,13-15H,10-11H2,(H,21,22)/p-1/b7-4+/t13-,14+,15-,18-/m1/s1. The molecule has 2 bridgehead atoms. The summed E-state index contributed by atoms with van der Waals surface area (Å²) in [6, 6.07) is 9.81. The van der Waals surface area contributed by atoms with Crippen LogP contribution in [-0.4, -0.2) is 41.6 Å². The number of rotatable bonds is 4. The predicted molar refractivity (Wildman–Crippen MR) is 80.8 cm³/mol. The number of carbonyl (C=O) groups excluding carboxylic acids is 2. The zero-order valence-electron chi connectivity index (χ0n) is 12.4. The average Bonchev–Trinajstić information content (AvgIpc) is 3.17. The highest BCUT2D eigenvalue weighted by atomic mass is 16.5. The Morgan fingerprint density at radius 1 is 1.39 bits per heavy atom. The lowest BCUT2D eigenvalue weighted by molar-refractivity contribution is -0.313. The van der Waals surface area contributed by atoms with Crippen LogP contribution in [0.5, 0.6) is 0 Å². The Labute approximate surface area is 133 Å². The molecule has 4 atom stereocenters. The number of carboxylic acid groups (broad SMARTS) is 1. The molecule has 5 heteroatoms. The van der Waals surface area contributed by atoms with E-state index in [0.29, 0.717) is 13.1 Å². The summed E-state index contributed by atoms with van der Waals surface area (Å²) in [5.74, 6) is -2.91. The molecule has 0 radical (unpaired) electrons. The number of likely N-dealkylation sites (tertiary alicyclic amines) is 1. The van der Waals surface area contributed by atoms with Crippen LogP contribution < -0.4 is 5.11 Å². The van der Waals surface area contributed by atoms with E-state index >= 15 is 0 Å². The number of nitrogens with zero attached hydrogens (tertiary/aromatic N) is 1. The van der Waals surface area contributed by atoms with Gasteiger partial charge in [0.15, 0.2) is 0 Å². The van der Waals surface area contributed by atoms with Gasteiger partial charge in [-0.15, -0.1) is 0 Å². The SMILES string of the molecule is O=C([O-])[C@H]1[C@H]2C=C[C@]3(CN(C/C=C/c4ccccc4)C(=O)[C@@H]13)O2. The summed E-state index contributed by atoms with van der Waals surface area (Å²) in [4.78, 5) is 25.6. The quantitative estimate of drug-likeness (QED) is 0.747. The number of carbonyl (C=O) groups is 2. The third-order valence-corrected chi connectivity index (χ3v) is 4.89. The highest BCUT2D eigenvalue weighted by Crippen LogP contribution is 2.51. The maximum absolute atomic E-state index is 12.6. The summed E-state index contributed by atoms with van der Waals surface area (Å²) in [5, 5.41) is 11.4. The van der Waals surface area contributed by atoms with Crippen molar-refractivity contribution in [3.05, 3.63) is 54.1 Å². The summed E-state index contributed by atoms with van der Waals surface area (Å²) in [6.07, 6.45) is 6.92. The molecule has 2 fully saturated rings. The summed E-state index contributed by atoms with van der Waals surface area (Å²) in [5.41, 5.74) is 0.273. The van der Waals surface area contributed by atoms with Gasteiger partial charge in [-0.1, -0.05) is 54.6 Å². The number of benzene rings is 1. The van der Waals surface area contributed by atoms with Crippen LogP contribution in [0, 0.1) is 11.8 Å². The molecule has 5 nitrogen and oxygen atoms in total.